The van der Waals surface area contributed by atoms with Crippen molar-refractivity contribution in [1.29, 1.82) is 0 Å². The quantitative estimate of drug-likeness (QED) is 0.630. The molecule has 0 aromatic heterocycles. The van der Waals surface area contributed by atoms with Crippen molar-refractivity contribution in [2.45, 2.75) is 37.1 Å². The molecule has 0 bridgehead atoms. The first-order valence-electron chi connectivity index (χ1n) is 8.45. The molecule has 2 aromatic carbocycles. The zero-order chi connectivity index (χ0) is 19.0. The second kappa shape index (κ2) is 9.85. The van der Waals surface area contributed by atoms with Crippen LogP contribution in [0.15, 0.2) is 64.0 Å². The first-order chi connectivity index (χ1) is 12.4. The summed E-state index contributed by atoms with van der Waals surface area (Å²) < 4.78 is 27.6. The van der Waals surface area contributed by atoms with Crippen molar-refractivity contribution >= 4 is 31.9 Å². The highest BCUT2D eigenvalue weighted by Gasteiger charge is 2.14. The zero-order valence-corrected chi connectivity index (χ0v) is 17.0. The van der Waals surface area contributed by atoms with Crippen molar-refractivity contribution < 1.29 is 13.2 Å². The fourth-order valence-electron chi connectivity index (χ4n) is 2.44. The summed E-state index contributed by atoms with van der Waals surface area (Å²) >= 11 is 3.27. The van der Waals surface area contributed by atoms with Gasteiger partial charge in [-0.15, -0.1) is 0 Å². The van der Waals surface area contributed by atoms with Crippen molar-refractivity contribution in [2.75, 3.05) is 6.54 Å². The molecule has 0 aliphatic rings. The number of halogens is 1. The highest BCUT2D eigenvalue weighted by molar-refractivity contribution is 9.10. The Kier molecular flexibility index (Phi) is 7.81. The van der Waals surface area contributed by atoms with Gasteiger partial charge in [-0.3, -0.25) is 4.79 Å². The Bertz CT molecular complexity index is 808. The summed E-state index contributed by atoms with van der Waals surface area (Å²) in [6.07, 6.45) is 1.82. The topological polar surface area (TPSA) is 75.3 Å². The average molecular weight is 439 g/mol. The third-order valence-electron chi connectivity index (χ3n) is 3.88. The van der Waals surface area contributed by atoms with Crippen molar-refractivity contribution in [2.24, 2.45) is 0 Å². The van der Waals surface area contributed by atoms with Crippen LogP contribution in [0.5, 0.6) is 0 Å². The van der Waals surface area contributed by atoms with Gasteiger partial charge in [-0.1, -0.05) is 46.3 Å². The van der Waals surface area contributed by atoms with E-state index in [-0.39, 0.29) is 29.8 Å². The molecule has 2 aromatic rings. The van der Waals surface area contributed by atoms with Crippen LogP contribution < -0.4 is 10.0 Å². The van der Waals surface area contributed by atoms with E-state index in [1.165, 1.54) is 17.7 Å². The van der Waals surface area contributed by atoms with Crippen LogP contribution >= 0.6 is 15.9 Å². The van der Waals surface area contributed by atoms with Crippen LogP contribution in [0, 0.1) is 0 Å². The minimum atomic E-state index is -3.60. The Hall–Kier alpha value is -1.70. The van der Waals surface area contributed by atoms with Gasteiger partial charge in [0.1, 0.15) is 0 Å². The first-order valence-corrected chi connectivity index (χ1v) is 10.7. The normalized spacial score (nSPS) is 12.5. The SMILES string of the molecule is CC(CCc1ccccc1)NC(=O)CCNS(=O)(=O)c1ccc(Br)cc1. The molecule has 1 amide bonds. The molecule has 0 saturated carbocycles. The van der Waals surface area contributed by atoms with Gasteiger partial charge in [0.15, 0.2) is 0 Å². The Morgan fingerprint density at radius 2 is 1.73 bits per heavy atom. The number of hydrogen-bond acceptors (Lipinski definition) is 3. The number of hydrogen-bond donors (Lipinski definition) is 2. The number of sulfonamides is 1. The monoisotopic (exact) mass is 438 g/mol. The molecule has 0 radical (unpaired) electrons. The van der Waals surface area contributed by atoms with Crippen LogP contribution in [0.1, 0.15) is 25.3 Å². The van der Waals surface area contributed by atoms with Crippen LogP contribution in [0.2, 0.25) is 0 Å². The number of aryl methyl sites for hydroxylation is 1. The fraction of sp³-hybridized carbons (Fsp3) is 0.316. The van der Waals surface area contributed by atoms with E-state index in [1.807, 2.05) is 25.1 Å². The molecule has 1 unspecified atom stereocenters. The maximum Gasteiger partial charge on any atom is 0.240 e. The average Bonchev–Trinajstić information content (AvgIpc) is 2.61. The smallest absolute Gasteiger partial charge is 0.240 e. The van der Waals surface area contributed by atoms with E-state index < -0.39 is 10.0 Å². The van der Waals surface area contributed by atoms with Gasteiger partial charge in [0.05, 0.1) is 4.90 Å². The van der Waals surface area contributed by atoms with Gasteiger partial charge in [-0.05, 0) is 49.6 Å². The molecule has 2 rings (SSSR count). The van der Waals surface area contributed by atoms with Crippen molar-refractivity contribution in [3.8, 4) is 0 Å². The van der Waals surface area contributed by atoms with Gasteiger partial charge < -0.3 is 5.32 Å². The maximum atomic E-state index is 12.1. The second-order valence-corrected chi connectivity index (χ2v) is 8.78. The van der Waals surface area contributed by atoms with Gasteiger partial charge in [0.25, 0.3) is 0 Å². The predicted molar refractivity (Wildman–Crippen MR) is 106 cm³/mol. The van der Waals surface area contributed by atoms with Crippen LogP contribution in [0.4, 0.5) is 0 Å². The fourth-order valence-corrected chi connectivity index (χ4v) is 3.74. The van der Waals surface area contributed by atoms with Gasteiger partial charge in [-0.2, -0.15) is 0 Å². The van der Waals surface area contributed by atoms with E-state index in [4.69, 9.17) is 0 Å². The zero-order valence-electron chi connectivity index (χ0n) is 14.6. The van der Waals surface area contributed by atoms with Gasteiger partial charge >= 0.3 is 0 Å². The lowest BCUT2D eigenvalue weighted by Gasteiger charge is -2.14. The van der Waals surface area contributed by atoms with Gasteiger partial charge in [-0.25, -0.2) is 13.1 Å². The molecule has 1 atom stereocenters. The highest BCUT2D eigenvalue weighted by Crippen LogP contribution is 2.14. The van der Waals surface area contributed by atoms with E-state index in [1.54, 1.807) is 12.1 Å². The van der Waals surface area contributed by atoms with E-state index >= 15 is 0 Å². The third kappa shape index (κ3) is 6.90. The summed E-state index contributed by atoms with van der Waals surface area (Å²) in [5, 5.41) is 2.90. The number of rotatable bonds is 9. The molecule has 0 spiro atoms. The van der Waals surface area contributed by atoms with Crippen molar-refractivity contribution in [3.63, 3.8) is 0 Å². The molecular weight excluding hydrogens is 416 g/mol. The van der Waals surface area contributed by atoms with E-state index in [0.717, 1.165) is 17.3 Å². The molecule has 0 aliphatic heterocycles. The summed E-state index contributed by atoms with van der Waals surface area (Å²) in [5.41, 5.74) is 1.23. The molecule has 0 aliphatic carbocycles. The predicted octanol–water partition coefficient (Wildman–Crippen LogP) is 3.26. The Labute approximate surface area is 163 Å². The van der Waals surface area contributed by atoms with Crippen molar-refractivity contribution in [1.82, 2.24) is 10.0 Å². The van der Waals surface area contributed by atoms with Crippen LogP contribution in [-0.2, 0) is 21.2 Å². The van der Waals surface area contributed by atoms with Crippen molar-refractivity contribution in [3.05, 3.63) is 64.6 Å². The molecule has 26 heavy (non-hydrogen) atoms. The largest absolute Gasteiger partial charge is 0.354 e. The van der Waals surface area contributed by atoms with Crippen LogP contribution in [0.3, 0.4) is 0 Å². The number of nitrogens with one attached hydrogen (secondary N) is 2. The summed E-state index contributed by atoms with van der Waals surface area (Å²) in [6.45, 7) is 2.02. The lowest BCUT2D eigenvalue weighted by Crippen LogP contribution is -2.35. The number of carbonyl (C=O) groups is 1. The second-order valence-electron chi connectivity index (χ2n) is 6.09. The molecule has 0 saturated heterocycles. The Morgan fingerprint density at radius 1 is 1.08 bits per heavy atom. The molecule has 5 nitrogen and oxygen atoms in total. The lowest BCUT2D eigenvalue weighted by atomic mass is 10.1. The third-order valence-corrected chi connectivity index (χ3v) is 5.89. The van der Waals surface area contributed by atoms with Gasteiger partial charge in [0, 0.05) is 23.5 Å². The highest BCUT2D eigenvalue weighted by atomic mass is 79.9. The van der Waals surface area contributed by atoms with Crippen LogP contribution in [0.25, 0.3) is 0 Å². The Balaban J connectivity index is 1.71. The van der Waals surface area contributed by atoms with Crippen LogP contribution in [-0.4, -0.2) is 26.9 Å². The Morgan fingerprint density at radius 3 is 2.38 bits per heavy atom. The summed E-state index contributed by atoms with van der Waals surface area (Å²) in [7, 11) is -3.60. The molecule has 2 N–H and O–H groups in total. The van der Waals surface area contributed by atoms with E-state index in [9.17, 15) is 13.2 Å². The number of amides is 1. The number of benzene rings is 2. The molecule has 0 heterocycles. The summed E-state index contributed by atoms with van der Waals surface area (Å²) in [5.74, 6) is -0.163. The van der Waals surface area contributed by atoms with Gasteiger partial charge in [0.2, 0.25) is 15.9 Å². The molecule has 0 fully saturated rings. The lowest BCUT2D eigenvalue weighted by molar-refractivity contribution is -0.121. The minimum absolute atomic E-state index is 0.0331. The first kappa shape index (κ1) is 20.6. The summed E-state index contributed by atoms with van der Waals surface area (Å²) in [4.78, 5) is 12.2. The molecule has 7 heteroatoms. The summed E-state index contributed by atoms with van der Waals surface area (Å²) in [6, 6.07) is 16.5. The molecular formula is C19H23BrN2O3S. The standard InChI is InChI=1S/C19H23BrN2O3S/c1-15(7-8-16-5-3-2-4-6-16)22-19(23)13-14-21-26(24,25)18-11-9-17(20)10-12-18/h2-6,9-12,15,21H,7-8,13-14H2,1H3,(H,22,23). The minimum Gasteiger partial charge on any atom is -0.354 e. The number of carbonyl (C=O) groups excluding carboxylic acids is 1. The van der Waals surface area contributed by atoms with E-state index in [0.29, 0.717) is 0 Å². The molecule has 140 valence electrons. The maximum absolute atomic E-state index is 12.1. The van der Waals surface area contributed by atoms with E-state index in [2.05, 4.69) is 38.1 Å².